The zero-order chi connectivity index (χ0) is 29.1. The fourth-order valence-corrected chi connectivity index (χ4v) is 8.32. The average molecular weight is 617 g/mol. The zero-order valence-corrected chi connectivity index (χ0v) is 26.9. The highest BCUT2D eigenvalue weighted by Crippen LogP contribution is 2.50. The SMILES string of the molecule is COc1ccccc1[P@](c1ccccc1)N(C)[C@H](C)[C@@H](OP(Oc1ccccc1)Oc1ccccc1)c1ccccc1.[B].[B]. The summed E-state index contributed by atoms with van der Waals surface area (Å²) in [5.74, 6) is 2.24. The highest BCUT2D eigenvalue weighted by molar-refractivity contribution is 7.71. The molecule has 0 saturated carbocycles. The van der Waals surface area contributed by atoms with Crippen LogP contribution in [-0.4, -0.2) is 41.7 Å². The number of nitrogens with zero attached hydrogens (tertiary/aromatic N) is 1. The van der Waals surface area contributed by atoms with Gasteiger partial charge >= 0.3 is 8.60 Å². The van der Waals surface area contributed by atoms with E-state index in [9.17, 15) is 0 Å². The maximum atomic E-state index is 6.86. The number of rotatable bonds is 13. The van der Waals surface area contributed by atoms with E-state index < -0.39 is 16.7 Å². The van der Waals surface area contributed by atoms with Crippen LogP contribution >= 0.6 is 16.7 Å². The molecule has 0 aliphatic carbocycles. The first-order valence-corrected chi connectivity index (χ1v) is 16.2. The number of benzene rings is 5. The van der Waals surface area contributed by atoms with E-state index in [0.717, 1.165) is 16.6 Å². The molecule has 0 aliphatic heterocycles. The third kappa shape index (κ3) is 8.97. The van der Waals surface area contributed by atoms with Crippen LogP contribution < -0.4 is 24.4 Å². The minimum atomic E-state index is -1.81. The van der Waals surface area contributed by atoms with Crippen molar-refractivity contribution in [2.45, 2.75) is 19.1 Å². The average Bonchev–Trinajstić information content (AvgIpc) is 3.05. The summed E-state index contributed by atoms with van der Waals surface area (Å²) in [6, 6.07) is 48.4. The lowest BCUT2D eigenvalue weighted by Crippen LogP contribution is -2.37. The minimum absolute atomic E-state index is 0. The largest absolute Gasteiger partial charge is 0.496 e. The van der Waals surface area contributed by atoms with Gasteiger partial charge in [-0.2, -0.15) is 0 Å². The second-order valence-electron chi connectivity index (χ2n) is 9.60. The molecule has 3 atom stereocenters. The molecule has 9 heteroatoms. The molecule has 5 aromatic rings. The van der Waals surface area contributed by atoms with Crippen LogP contribution in [0.2, 0.25) is 0 Å². The lowest BCUT2D eigenvalue weighted by atomic mass is 10.0. The van der Waals surface area contributed by atoms with Crippen molar-refractivity contribution in [2.75, 3.05) is 14.2 Å². The Balaban J connectivity index is 0.00000264. The molecular formula is C35H35B2NO4P2. The van der Waals surface area contributed by atoms with Gasteiger partial charge in [0.25, 0.3) is 0 Å². The van der Waals surface area contributed by atoms with Crippen molar-refractivity contribution in [3.05, 3.63) is 151 Å². The summed E-state index contributed by atoms with van der Waals surface area (Å²) in [5, 5.41) is 2.37. The van der Waals surface area contributed by atoms with Crippen molar-refractivity contribution in [2.24, 2.45) is 0 Å². The Bertz CT molecular complexity index is 1460. The summed E-state index contributed by atoms with van der Waals surface area (Å²) in [5.41, 5.74) is 1.04. The van der Waals surface area contributed by atoms with Gasteiger partial charge in [-0.25, -0.2) is 0 Å². The van der Waals surface area contributed by atoms with Gasteiger partial charge in [0.05, 0.1) is 7.11 Å². The molecule has 0 amide bonds. The van der Waals surface area contributed by atoms with E-state index in [-0.39, 0.29) is 29.0 Å². The number of para-hydroxylation sites is 3. The molecule has 220 valence electrons. The van der Waals surface area contributed by atoms with Crippen molar-refractivity contribution in [1.82, 2.24) is 4.67 Å². The highest BCUT2D eigenvalue weighted by atomic mass is 31.2. The molecule has 0 unspecified atom stereocenters. The third-order valence-electron chi connectivity index (χ3n) is 6.83. The Morgan fingerprint density at radius 2 is 1.05 bits per heavy atom. The molecule has 5 rings (SSSR count). The molecule has 0 fully saturated rings. The van der Waals surface area contributed by atoms with Gasteiger partial charge in [-0.15, -0.1) is 0 Å². The topological polar surface area (TPSA) is 40.2 Å². The predicted octanol–water partition coefficient (Wildman–Crippen LogP) is 7.74. The van der Waals surface area contributed by atoms with Crippen LogP contribution in [0.5, 0.6) is 17.2 Å². The van der Waals surface area contributed by atoms with Crippen LogP contribution in [0.15, 0.2) is 146 Å². The quantitative estimate of drug-likeness (QED) is 0.0999. The van der Waals surface area contributed by atoms with Gasteiger partial charge in [0.1, 0.15) is 23.4 Å². The Morgan fingerprint density at radius 1 is 0.591 bits per heavy atom. The summed E-state index contributed by atoms with van der Waals surface area (Å²) in [6.07, 6.45) is -0.363. The van der Waals surface area contributed by atoms with Gasteiger partial charge in [0.15, 0.2) is 0 Å². The van der Waals surface area contributed by atoms with E-state index >= 15 is 0 Å². The highest BCUT2D eigenvalue weighted by Gasteiger charge is 2.35. The molecule has 0 bridgehead atoms. The van der Waals surface area contributed by atoms with Gasteiger partial charge < -0.3 is 13.8 Å². The number of hydrogen-bond donors (Lipinski definition) is 0. The number of likely N-dealkylation sites (N-methyl/N-ethyl adjacent to an activating group) is 1. The van der Waals surface area contributed by atoms with Gasteiger partial charge in [0.2, 0.25) is 0 Å². The van der Waals surface area contributed by atoms with E-state index in [4.69, 9.17) is 18.3 Å². The second-order valence-corrected chi connectivity index (χ2v) is 12.9. The Labute approximate surface area is 268 Å². The first kappa shape index (κ1) is 34.9. The molecule has 0 N–H and O–H groups in total. The molecule has 0 spiro atoms. The van der Waals surface area contributed by atoms with E-state index in [1.165, 1.54) is 5.30 Å². The van der Waals surface area contributed by atoms with Crippen molar-refractivity contribution >= 4 is 44.1 Å². The molecule has 0 aliphatic rings. The molecular weight excluding hydrogens is 582 g/mol. The summed E-state index contributed by atoms with van der Waals surface area (Å²) in [6.45, 7) is 2.20. The maximum absolute atomic E-state index is 6.86. The molecule has 0 saturated heterocycles. The molecule has 0 aromatic heterocycles. The summed E-state index contributed by atoms with van der Waals surface area (Å²) in [7, 11) is 1.11. The second kappa shape index (κ2) is 17.6. The standard InChI is InChI=1S/C35H35NO4P2.2B/c1-28(36(2)41(32-24-14-7-15-25-32)34-27-17-16-26-33(34)37-3)35(29-18-8-4-9-19-29)40-42(38-30-20-10-5-11-21-30)39-31-22-12-6-13-23-31;;/h4-28,35H,1-3H3;;/t28-,35-,41+;;/m1../s1. The number of methoxy groups -OCH3 is 1. The first-order chi connectivity index (χ1) is 20.6. The minimum Gasteiger partial charge on any atom is -0.496 e. The van der Waals surface area contributed by atoms with E-state index in [0.29, 0.717) is 11.5 Å². The Morgan fingerprint density at radius 3 is 1.57 bits per heavy atom. The first-order valence-electron chi connectivity index (χ1n) is 13.8. The van der Waals surface area contributed by atoms with Gasteiger partial charge in [-0.1, -0.05) is 109 Å². The molecule has 44 heavy (non-hydrogen) atoms. The smallest absolute Gasteiger partial charge is 0.463 e. The van der Waals surface area contributed by atoms with Crippen LogP contribution in [0, 0.1) is 0 Å². The van der Waals surface area contributed by atoms with Crippen LogP contribution in [0.4, 0.5) is 0 Å². The third-order valence-corrected chi connectivity index (χ3v) is 10.6. The fraction of sp³-hybridized carbons (Fsp3) is 0.143. The number of hydrogen-bond acceptors (Lipinski definition) is 5. The van der Waals surface area contributed by atoms with Crippen LogP contribution in [0.25, 0.3) is 0 Å². The lowest BCUT2D eigenvalue weighted by Gasteiger charge is -2.38. The normalized spacial score (nSPS) is 12.8. The van der Waals surface area contributed by atoms with Crippen LogP contribution in [-0.2, 0) is 4.52 Å². The van der Waals surface area contributed by atoms with Crippen LogP contribution in [0.1, 0.15) is 18.6 Å². The number of ether oxygens (including phenoxy) is 1. The monoisotopic (exact) mass is 617 g/mol. The van der Waals surface area contributed by atoms with E-state index in [1.807, 2.05) is 97.1 Å². The summed E-state index contributed by atoms with van der Waals surface area (Å²) < 4.78 is 27.8. The molecule has 5 aromatic carbocycles. The molecule has 5 nitrogen and oxygen atoms in total. The van der Waals surface area contributed by atoms with Crippen molar-refractivity contribution < 1.29 is 18.3 Å². The molecule has 0 heterocycles. The summed E-state index contributed by atoms with van der Waals surface area (Å²) in [4.78, 5) is 0. The fourth-order valence-electron chi connectivity index (χ4n) is 4.60. The molecule has 6 radical (unpaired) electrons. The van der Waals surface area contributed by atoms with Crippen LogP contribution in [0.3, 0.4) is 0 Å². The lowest BCUT2D eigenvalue weighted by molar-refractivity contribution is 0.121. The van der Waals surface area contributed by atoms with Crippen molar-refractivity contribution in [3.63, 3.8) is 0 Å². The van der Waals surface area contributed by atoms with Gasteiger partial charge in [0, 0.05) is 36.2 Å². The maximum Gasteiger partial charge on any atom is 0.463 e. The van der Waals surface area contributed by atoms with Crippen molar-refractivity contribution in [1.29, 1.82) is 0 Å². The van der Waals surface area contributed by atoms with E-state index in [1.54, 1.807) is 7.11 Å². The Hall–Kier alpha value is -3.59. The predicted molar refractivity (Wildman–Crippen MR) is 186 cm³/mol. The van der Waals surface area contributed by atoms with Gasteiger partial charge in [-0.05, 0) is 61.2 Å². The Kier molecular flexibility index (Phi) is 14.0. The van der Waals surface area contributed by atoms with Gasteiger partial charge in [-0.3, -0.25) is 9.19 Å². The van der Waals surface area contributed by atoms with Crippen molar-refractivity contribution in [3.8, 4) is 17.2 Å². The summed E-state index contributed by atoms with van der Waals surface area (Å²) >= 11 is 0. The van der Waals surface area contributed by atoms with E-state index in [2.05, 4.69) is 67.2 Å². The zero-order valence-electron chi connectivity index (χ0n) is 25.1.